The van der Waals surface area contributed by atoms with E-state index >= 15 is 0 Å². The maximum atomic E-state index is 13.1. The molecule has 7 rings (SSSR count). The number of hydrogen-bond acceptors (Lipinski definition) is 7. The predicted molar refractivity (Wildman–Crippen MR) is 159 cm³/mol. The number of benzene rings is 1. The molecule has 0 radical (unpaired) electrons. The molecule has 0 bridgehead atoms. The normalized spacial score (nSPS) is 24.4. The summed E-state index contributed by atoms with van der Waals surface area (Å²) in [6.07, 6.45) is 10.8. The number of fused-ring (bicyclic) bond motifs is 3. The van der Waals surface area contributed by atoms with E-state index in [4.69, 9.17) is 14.4 Å². The van der Waals surface area contributed by atoms with E-state index in [1.807, 2.05) is 39.2 Å². The Morgan fingerprint density at radius 2 is 1.93 bits per heavy atom. The minimum Gasteiger partial charge on any atom is -0.591 e. The monoisotopic (exact) mass is 553 g/mol. The maximum Gasteiger partial charge on any atom is 0.183 e. The van der Waals surface area contributed by atoms with E-state index in [-0.39, 0.29) is 10.2 Å². The van der Waals surface area contributed by atoms with E-state index in [1.165, 1.54) is 11.1 Å². The van der Waals surface area contributed by atoms with Crippen LogP contribution in [0.5, 0.6) is 0 Å². The van der Waals surface area contributed by atoms with Crippen LogP contribution in [0, 0.1) is 5.41 Å². The third-order valence-electron chi connectivity index (χ3n) is 8.84. The largest absolute Gasteiger partial charge is 0.591 e. The van der Waals surface area contributed by atoms with Gasteiger partial charge in [-0.1, -0.05) is 28.7 Å². The van der Waals surface area contributed by atoms with Gasteiger partial charge in [0.25, 0.3) is 0 Å². The summed E-state index contributed by atoms with van der Waals surface area (Å²) in [6.45, 7) is 6.87. The van der Waals surface area contributed by atoms with Crippen LogP contribution in [0.15, 0.2) is 53.2 Å². The average molecular weight is 554 g/mol. The van der Waals surface area contributed by atoms with Gasteiger partial charge >= 0.3 is 0 Å². The van der Waals surface area contributed by atoms with Gasteiger partial charge in [-0.3, -0.25) is 10.1 Å². The minimum atomic E-state index is -1.29. The van der Waals surface area contributed by atoms with E-state index in [2.05, 4.69) is 50.4 Å². The number of nitrogens with zero attached hydrogens (tertiary/aromatic N) is 6. The van der Waals surface area contributed by atoms with E-state index in [1.54, 1.807) is 0 Å². The van der Waals surface area contributed by atoms with Crippen LogP contribution in [-0.4, -0.2) is 46.7 Å². The van der Waals surface area contributed by atoms with Gasteiger partial charge in [0.05, 0.1) is 17.1 Å². The Morgan fingerprint density at radius 1 is 1.10 bits per heavy atom. The van der Waals surface area contributed by atoms with Crippen LogP contribution in [0.3, 0.4) is 0 Å². The number of hydrogen-bond donors (Lipinski definition) is 1. The molecule has 9 heteroatoms. The second-order valence-corrected chi connectivity index (χ2v) is 14.4. The van der Waals surface area contributed by atoms with Gasteiger partial charge in [0, 0.05) is 35.8 Å². The molecule has 0 saturated heterocycles. The molecule has 1 saturated carbocycles. The van der Waals surface area contributed by atoms with Crippen molar-refractivity contribution in [3.8, 4) is 0 Å². The molecule has 1 aliphatic heterocycles. The molecule has 0 unspecified atom stereocenters. The Kier molecular flexibility index (Phi) is 6.20. The van der Waals surface area contributed by atoms with Crippen molar-refractivity contribution in [3.05, 3.63) is 71.3 Å². The Morgan fingerprint density at radius 3 is 2.75 bits per heavy atom. The second-order valence-electron chi connectivity index (χ2n) is 12.5. The number of nitrogens with one attached hydrogen (secondary N) is 1. The number of rotatable bonds is 3. The fraction of sp³-hybridized carbons (Fsp3) is 0.452. The second kappa shape index (κ2) is 9.66. The van der Waals surface area contributed by atoms with Gasteiger partial charge in [0.1, 0.15) is 21.8 Å². The first kappa shape index (κ1) is 25.7. The maximum absolute atomic E-state index is 13.1. The Balaban J connectivity index is 1.14. The molecule has 206 valence electrons. The van der Waals surface area contributed by atoms with Crippen molar-refractivity contribution in [1.29, 1.82) is 0 Å². The van der Waals surface area contributed by atoms with Crippen LogP contribution in [0.1, 0.15) is 81.3 Å². The number of H-pyrrole nitrogens is 1. The highest BCUT2D eigenvalue weighted by atomic mass is 32.2. The minimum absolute atomic E-state index is 0.0600. The molecule has 1 fully saturated rings. The summed E-state index contributed by atoms with van der Waals surface area (Å²) in [7, 11) is 0. The third-order valence-corrected chi connectivity index (χ3v) is 10.2. The van der Waals surface area contributed by atoms with Crippen LogP contribution in [0.25, 0.3) is 11.2 Å². The van der Waals surface area contributed by atoms with E-state index < -0.39 is 11.4 Å². The van der Waals surface area contributed by atoms with Crippen molar-refractivity contribution in [1.82, 2.24) is 25.1 Å². The molecule has 3 aliphatic rings. The fourth-order valence-corrected chi connectivity index (χ4v) is 7.42. The molecule has 40 heavy (non-hydrogen) atoms. The molecule has 4 aromatic rings. The summed E-state index contributed by atoms with van der Waals surface area (Å²) in [5, 5.41) is 7.81. The number of anilines is 2. The number of pyridine rings is 1. The quantitative estimate of drug-likeness (QED) is 0.313. The van der Waals surface area contributed by atoms with Crippen molar-refractivity contribution in [3.63, 3.8) is 0 Å². The highest BCUT2D eigenvalue weighted by Crippen LogP contribution is 2.51. The summed E-state index contributed by atoms with van der Waals surface area (Å²) >= 11 is -1.29. The van der Waals surface area contributed by atoms with Crippen LogP contribution < -0.4 is 4.90 Å². The first-order chi connectivity index (χ1) is 19.3. The summed E-state index contributed by atoms with van der Waals surface area (Å²) in [5.74, 6) is 1.15. The lowest BCUT2D eigenvalue weighted by atomic mass is 9.67. The van der Waals surface area contributed by atoms with Gasteiger partial charge in [-0.25, -0.2) is 9.97 Å². The molecular weight excluding hydrogens is 518 g/mol. The molecule has 2 aliphatic carbocycles. The lowest BCUT2D eigenvalue weighted by Gasteiger charge is -2.37. The van der Waals surface area contributed by atoms with Crippen molar-refractivity contribution < 1.29 is 4.55 Å². The molecule has 4 heterocycles. The van der Waals surface area contributed by atoms with Gasteiger partial charge in [-0.15, -0.1) is 0 Å². The van der Waals surface area contributed by atoms with Gasteiger partial charge < -0.3 is 9.45 Å². The van der Waals surface area contributed by atoms with Crippen molar-refractivity contribution >= 4 is 39.7 Å². The van der Waals surface area contributed by atoms with E-state index in [9.17, 15) is 4.55 Å². The zero-order chi connectivity index (χ0) is 27.5. The average Bonchev–Trinajstić information content (AvgIpc) is 3.51. The van der Waals surface area contributed by atoms with Crippen molar-refractivity contribution in [2.75, 3.05) is 11.4 Å². The Labute approximate surface area is 238 Å². The highest BCUT2D eigenvalue weighted by molar-refractivity contribution is 7.91. The van der Waals surface area contributed by atoms with Gasteiger partial charge in [-0.2, -0.15) is 5.10 Å². The molecular formula is C31H35N7OS. The molecule has 0 amide bonds. The smallest absolute Gasteiger partial charge is 0.183 e. The molecule has 1 spiro atoms. The predicted octanol–water partition coefficient (Wildman–Crippen LogP) is 5.98. The lowest BCUT2D eigenvalue weighted by molar-refractivity contribution is 0.264. The Hall–Kier alpha value is -3.30. The standard InChI is InChI=1S/C31H35N7OS/c1-30(2,3)40(39)37-27-22-9-5-4-8-21(22)18-31(27)14-12-20(13-15-31)24-19-33-26-28(34-24)35-36-29(26)38-17-7-10-23-25(38)11-6-16-32-23/h4-6,8-9,11,16,19-20H,7,10,12-15,17-18H2,1-3H3,(H,34,35,36)/t20?,31?,40-/m1/s1. The van der Waals surface area contributed by atoms with Gasteiger partial charge in [-0.05, 0) is 83.4 Å². The third kappa shape index (κ3) is 4.30. The van der Waals surface area contributed by atoms with Crippen molar-refractivity contribution in [2.45, 2.75) is 76.4 Å². The zero-order valence-electron chi connectivity index (χ0n) is 23.4. The number of aryl methyl sites for hydroxylation is 1. The first-order valence-corrected chi connectivity index (χ1v) is 15.4. The Bertz CT molecular complexity index is 1600. The molecule has 1 N–H and O–H groups in total. The van der Waals surface area contributed by atoms with Crippen LogP contribution in [0.4, 0.5) is 11.5 Å². The zero-order valence-corrected chi connectivity index (χ0v) is 24.2. The van der Waals surface area contributed by atoms with Crippen LogP contribution in [-0.2, 0) is 24.2 Å². The van der Waals surface area contributed by atoms with Gasteiger partial charge in [0.15, 0.2) is 17.0 Å². The van der Waals surface area contributed by atoms with Crippen LogP contribution >= 0.6 is 0 Å². The van der Waals surface area contributed by atoms with Gasteiger partial charge in [0.2, 0.25) is 0 Å². The fourth-order valence-electron chi connectivity index (χ4n) is 6.69. The molecule has 3 aromatic heterocycles. The van der Waals surface area contributed by atoms with E-state index in [0.717, 1.165) is 91.3 Å². The number of aromatic amines is 1. The summed E-state index contributed by atoms with van der Waals surface area (Å²) in [6, 6.07) is 12.6. The topological polar surface area (TPSA) is 106 Å². The summed E-state index contributed by atoms with van der Waals surface area (Å²) in [4.78, 5) is 16.7. The highest BCUT2D eigenvalue weighted by Gasteiger charge is 2.48. The number of aromatic nitrogens is 5. The van der Waals surface area contributed by atoms with E-state index in [0.29, 0.717) is 5.92 Å². The summed E-state index contributed by atoms with van der Waals surface area (Å²) < 4.78 is 17.7. The molecule has 1 aromatic carbocycles. The van der Waals surface area contributed by atoms with Crippen molar-refractivity contribution in [2.24, 2.45) is 9.81 Å². The lowest BCUT2D eigenvalue weighted by Crippen LogP contribution is -2.36. The summed E-state index contributed by atoms with van der Waals surface area (Å²) in [5.41, 5.74) is 8.26. The van der Waals surface area contributed by atoms with Crippen LogP contribution in [0.2, 0.25) is 0 Å². The first-order valence-electron chi connectivity index (χ1n) is 14.3. The molecule has 8 nitrogen and oxygen atoms in total. The SMILES string of the molecule is CC(C)(C)[S@@+]([O-])N=C1c2ccccc2CC12CCC(c1cnc3c(N4CCCc5ncccc54)n[nH]c3n1)CC2. The molecule has 1 atom stereocenters.